The molecular weight excluding hydrogens is 435 g/mol. The predicted octanol–water partition coefficient (Wildman–Crippen LogP) is 4.06. The minimum absolute atomic E-state index is 0.0476. The molecule has 4 rings (SSSR count). The maximum absolute atomic E-state index is 14.8. The van der Waals surface area contributed by atoms with Gasteiger partial charge in [0.05, 0.1) is 12.1 Å². The number of nitrogens with zero attached hydrogens (tertiary/aromatic N) is 2. The van der Waals surface area contributed by atoms with Crippen LogP contribution in [0.3, 0.4) is 0 Å². The summed E-state index contributed by atoms with van der Waals surface area (Å²) in [7, 11) is 0. The molecule has 0 radical (unpaired) electrons. The summed E-state index contributed by atoms with van der Waals surface area (Å²) in [5.74, 6) is -3.48. The number of allylic oxidation sites excluding steroid dienone is 1. The first-order valence-electron chi connectivity index (χ1n) is 11.3. The molecule has 1 saturated carbocycles. The van der Waals surface area contributed by atoms with Gasteiger partial charge in [0, 0.05) is 30.4 Å². The number of amides is 2. The van der Waals surface area contributed by atoms with Crippen LogP contribution >= 0.6 is 0 Å². The second-order valence-corrected chi connectivity index (χ2v) is 10.1. The number of Topliss-reactive ketones (excluding diaryl/α,β-unsaturated/α-hetero) is 1. The summed E-state index contributed by atoms with van der Waals surface area (Å²) < 4.78 is 44.3. The topological polar surface area (TPSA) is 79.4 Å². The zero-order valence-electron chi connectivity index (χ0n) is 18.8. The average molecular weight is 464 g/mol. The molecule has 2 amide bonds. The summed E-state index contributed by atoms with van der Waals surface area (Å²) in [5, 5.41) is 2.08. The van der Waals surface area contributed by atoms with E-state index in [1.807, 2.05) is 0 Å². The molecule has 0 bridgehead atoms. The predicted molar refractivity (Wildman–Crippen MR) is 113 cm³/mol. The molecule has 0 aromatic carbocycles. The van der Waals surface area contributed by atoms with E-state index in [1.54, 1.807) is 26.0 Å². The summed E-state index contributed by atoms with van der Waals surface area (Å²) in [6.45, 7) is 3.41. The van der Waals surface area contributed by atoms with Crippen molar-refractivity contribution in [3.8, 4) is 0 Å². The van der Waals surface area contributed by atoms with Crippen molar-refractivity contribution < 1.29 is 27.6 Å². The Hall–Kier alpha value is -2.71. The van der Waals surface area contributed by atoms with E-state index in [-0.39, 0.29) is 25.1 Å². The summed E-state index contributed by atoms with van der Waals surface area (Å²) in [6.07, 6.45) is 1.19. The Kier molecular flexibility index (Phi) is 5.87. The van der Waals surface area contributed by atoms with Gasteiger partial charge in [-0.25, -0.2) is 0 Å². The van der Waals surface area contributed by atoms with Crippen LogP contribution in [-0.4, -0.2) is 39.2 Å². The second-order valence-electron chi connectivity index (χ2n) is 10.1. The van der Waals surface area contributed by atoms with E-state index in [9.17, 15) is 27.6 Å². The molecule has 33 heavy (non-hydrogen) atoms. The normalized spacial score (nSPS) is 25.9. The molecule has 1 aromatic rings. The Balaban J connectivity index is 1.82. The lowest BCUT2D eigenvalue weighted by molar-refractivity contribution is -0.195. The van der Waals surface area contributed by atoms with Crippen LogP contribution in [0, 0.1) is 11.3 Å². The fraction of sp³-hybridized carbons (Fsp3) is 0.583. The van der Waals surface area contributed by atoms with Gasteiger partial charge >= 0.3 is 6.18 Å². The minimum atomic E-state index is -5.17. The van der Waals surface area contributed by atoms with Gasteiger partial charge in [-0.2, -0.15) is 13.2 Å². The molecule has 1 fully saturated rings. The maximum atomic E-state index is 14.8. The molecule has 1 N–H and O–H groups in total. The van der Waals surface area contributed by atoms with Gasteiger partial charge in [-0.3, -0.25) is 19.4 Å². The van der Waals surface area contributed by atoms with Crippen molar-refractivity contribution in [2.45, 2.75) is 77.1 Å². The van der Waals surface area contributed by atoms with Crippen molar-refractivity contribution in [2.75, 3.05) is 0 Å². The van der Waals surface area contributed by atoms with Crippen molar-refractivity contribution in [1.82, 2.24) is 15.2 Å². The number of carbonyl (C=O) groups is 3. The first kappa shape index (κ1) is 23.4. The Morgan fingerprint density at radius 2 is 1.88 bits per heavy atom. The Morgan fingerprint density at radius 1 is 1.18 bits per heavy atom. The summed E-state index contributed by atoms with van der Waals surface area (Å²) >= 11 is 0. The number of hydrogen-bond donors (Lipinski definition) is 1. The first-order chi connectivity index (χ1) is 15.5. The lowest BCUT2D eigenvalue weighted by Crippen LogP contribution is -2.67. The van der Waals surface area contributed by atoms with Crippen LogP contribution in [0.1, 0.15) is 64.4 Å². The van der Waals surface area contributed by atoms with Gasteiger partial charge in [-0.05, 0) is 36.3 Å². The summed E-state index contributed by atoms with van der Waals surface area (Å²) in [5.41, 5.74) is -4.01. The van der Waals surface area contributed by atoms with Gasteiger partial charge in [-0.15, -0.1) is 0 Å². The SMILES string of the molecule is CC1(C)CC(=O)C2=C(C1)N(Cc1cccnc1)C(=O)[C@]2(NC(=O)C1CCCCC1)C(F)(F)F. The van der Waals surface area contributed by atoms with E-state index in [0.717, 1.165) is 24.2 Å². The van der Waals surface area contributed by atoms with Crippen LogP contribution in [0.2, 0.25) is 0 Å². The van der Waals surface area contributed by atoms with E-state index in [4.69, 9.17) is 0 Å². The molecule has 178 valence electrons. The van der Waals surface area contributed by atoms with E-state index < -0.39 is 46.2 Å². The lowest BCUT2D eigenvalue weighted by atomic mass is 9.72. The molecule has 1 atom stereocenters. The molecule has 3 aliphatic rings. The highest BCUT2D eigenvalue weighted by atomic mass is 19.4. The minimum Gasteiger partial charge on any atom is -0.330 e. The number of aromatic nitrogens is 1. The average Bonchev–Trinajstić information content (AvgIpc) is 2.97. The van der Waals surface area contributed by atoms with Gasteiger partial charge in [0.15, 0.2) is 5.78 Å². The van der Waals surface area contributed by atoms with Crippen LogP contribution in [0.25, 0.3) is 0 Å². The van der Waals surface area contributed by atoms with E-state index in [0.29, 0.717) is 18.4 Å². The van der Waals surface area contributed by atoms with Gasteiger partial charge in [0.1, 0.15) is 0 Å². The number of pyridine rings is 1. The molecule has 1 aliphatic heterocycles. The zero-order valence-corrected chi connectivity index (χ0v) is 18.8. The summed E-state index contributed by atoms with van der Waals surface area (Å²) in [6, 6.07) is 3.29. The Morgan fingerprint density at radius 3 is 2.48 bits per heavy atom. The molecule has 0 spiro atoms. The van der Waals surface area contributed by atoms with Crippen LogP contribution in [0.15, 0.2) is 35.8 Å². The van der Waals surface area contributed by atoms with E-state index in [2.05, 4.69) is 10.3 Å². The Labute approximate surface area is 190 Å². The number of ketones is 1. The molecule has 2 heterocycles. The maximum Gasteiger partial charge on any atom is 0.425 e. The number of halogens is 3. The van der Waals surface area contributed by atoms with Crippen LogP contribution < -0.4 is 5.32 Å². The number of hydrogen-bond acceptors (Lipinski definition) is 4. The molecule has 0 unspecified atom stereocenters. The fourth-order valence-corrected chi connectivity index (χ4v) is 5.32. The van der Waals surface area contributed by atoms with Crippen LogP contribution in [-0.2, 0) is 20.9 Å². The van der Waals surface area contributed by atoms with Crippen LogP contribution in [0.4, 0.5) is 13.2 Å². The lowest BCUT2D eigenvalue weighted by Gasteiger charge is -2.36. The van der Waals surface area contributed by atoms with Crippen molar-refractivity contribution in [1.29, 1.82) is 0 Å². The quantitative estimate of drug-likeness (QED) is 0.730. The fourth-order valence-electron chi connectivity index (χ4n) is 5.32. The first-order valence-corrected chi connectivity index (χ1v) is 11.3. The van der Waals surface area contributed by atoms with Gasteiger partial charge in [0.2, 0.25) is 11.4 Å². The monoisotopic (exact) mass is 463 g/mol. The van der Waals surface area contributed by atoms with Crippen molar-refractivity contribution in [3.63, 3.8) is 0 Å². The number of carbonyl (C=O) groups excluding carboxylic acids is 3. The highest BCUT2D eigenvalue weighted by Gasteiger charge is 2.71. The van der Waals surface area contributed by atoms with Crippen molar-refractivity contribution in [3.05, 3.63) is 41.4 Å². The molecule has 9 heteroatoms. The third kappa shape index (κ3) is 4.06. The number of rotatable bonds is 4. The largest absolute Gasteiger partial charge is 0.425 e. The molecule has 0 saturated heterocycles. The van der Waals surface area contributed by atoms with Gasteiger partial charge < -0.3 is 10.2 Å². The molecule has 2 aliphatic carbocycles. The third-order valence-electron chi connectivity index (χ3n) is 6.89. The highest BCUT2D eigenvalue weighted by molar-refractivity contribution is 6.13. The van der Waals surface area contributed by atoms with E-state index >= 15 is 0 Å². The van der Waals surface area contributed by atoms with Crippen molar-refractivity contribution >= 4 is 17.6 Å². The van der Waals surface area contributed by atoms with Gasteiger partial charge in [-0.1, -0.05) is 39.2 Å². The Bertz CT molecular complexity index is 997. The summed E-state index contributed by atoms with van der Waals surface area (Å²) in [4.78, 5) is 44.8. The third-order valence-corrected chi connectivity index (χ3v) is 6.89. The second kappa shape index (κ2) is 8.25. The molecule has 1 aromatic heterocycles. The number of nitrogens with one attached hydrogen (secondary N) is 1. The zero-order chi connectivity index (χ0) is 24.0. The molecular formula is C24H28F3N3O3. The highest BCUT2D eigenvalue weighted by Crippen LogP contribution is 2.52. The van der Waals surface area contributed by atoms with Crippen LogP contribution in [0.5, 0.6) is 0 Å². The number of alkyl halides is 3. The smallest absolute Gasteiger partial charge is 0.330 e. The van der Waals surface area contributed by atoms with Crippen molar-refractivity contribution in [2.24, 2.45) is 11.3 Å². The van der Waals surface area contributed by atoms with Gasteiger partial charge in [0.25, 0.3) is 5.91 Å². The standard InChI is InChI=1S/C24H28F3N3O3/c1-22(2)11-17-19(18(31)12-22)23(24(25,26)27,29-20(32)16-8-4-3-5-9-16)21(33)30(17)14-15-7-6-10-28-13-15/h6-7,10,13,16H,3-5,8-9,11-12,14H2,1-2H3,(H,29,32)/t23-/m0/s1. The van der Waals surface area contributed by atoms with E-state index in [1.165, 1.54) is 12.4 Å². The molecule has 6 nitrogen and oxygen atoms in total.